The van der Waals surface area contributed by atoms with Crippen molar-refractivity contribution in [2.45, 2.75) is 4.90 Å². The van der Waals surface area contributed by atoms with Crippen LogP contribution in [0.4, 0.5) is 0 Å². The lowest BCUT2D eigenvalue weighted by molar-refractivity contribution is 0.1000. The zero-order valence-electron chi connectivity index (χ0n) is 11.0. The Labute approximate surface area is 118 Å². The summed E-state index contributed by atoms with van der Waals surface area (Å²) in [5, 5.41) is 3.28. The molecule has 1 amide bonds. The Balaban J connectivity index is 1.89. The summed E-state index contributed by atoms with van der Waals surface area (Å²) in [5.74, 6) is 0.165. The highest BCUT2D eigenvalue weighted by Crippen LogP contribution is 2.30. The second-order valence-corrected chi connectivity index (χ2v) is 7.33. The van der Waals surface area contributed by atoms with E-state index in [4.69, 9.17) is 5.73 Å². The average molecular weight is 295 g/mol. The van der Waals surface area contributed by atoms with Crippen molar-refractivity contribution in [1.82, 2.24) is 9.62 Å². The summed E-state index contributed by atoms with van der Waals surface area (Å²) >= 11 is 0. The van der Waals surface area contributed by atoms with Gasteiger partial charge in [-0.3, -0.25) is 4.79 Å². The van der Waals surface area contributed by atoms with E-state index in [2.05, 4.69) is 5.32 Å². The van der Waals surface area contributed by atoms with E-state index in [1.807, 2.05) is 0 Å². The zero-order valence-corrected chi connectivity index (χ0v) is 11.8. The van der Waals surface area contributed by atoms with Gasteiger partial charge < -0.3 is 11.1 Å². The topological polar surface area (TPSA) is 92.5 Å². The Morgan fingerprint density at radius 2 is 1.90 bits per heavy atom. The molecule has 108 valence electrons. The van der Waals surface area contributed by atoms with E-state index in [0.29, 0.717) is 24.9 Å². The maximum atomic E-state index is 12.6. The third kappa shape index (κ3) is 2.21. The van der Waals surface area contributed by atoms with Crippen LogP contribution in [-0.2, 0) is 10.0 Å². The first-order valence-electron chi connectivity index (χ1n) is 6.59. The third-order valence-corrected chi connectivity index (χ3v) is 5.94. The van der Waals surface area contributed by atoms with Gasteiger partial charge in [0.05, 0.1) is 4.90 Å². The van der Waals surface area contributed by atoms with Crippen LogP contribution in [0, 0.1) is 11.8 Å². The fraction of sp³-hybridized carbons (Fsp3) is 0.462. The minimum absolute atomic E-state index is 0.140. The molecule has 2 atom stereocenters. The number of benzene rings is 1. The number of fused-ring (bicyclic) bond motifs is 1. The number of hydrogen-bond donors (Lipinski definition) is 2. The van der Waals surface area contributed by atoms with Crippen molar-refractivity contribution in [3.05, 3.63) is 29.8 Å². The van der Waals surface area contributed by atoms with Crippen LogP contribution in [-0.4, -0.2) is 44.8 Å². The van der Waals surface area contributed by atoms with E-state index in [0.717, 1.165) is 13.1 Å². The zero-order chi connectivity index (χ0) is 14.3. The second kappa shape index (κ2) is 4.83. The van der Waals surface area contributed by atoms with Gasteiger partial charge in [0.2, 0.25) is 15.9 Å². The summed E-state index contributed by atoms with van der Waals surface area (Å²) in [5.41, 5.74) is 5.41. The van der Waals surface area contributed by atoms with E-state index < -0.39 is 15.9 Å². The largest absolute Gasteiger partial charge is 0.366 e. The monoisotopic (exact) mass is 295 g/mol. The minimum Gasteiger partial charge on any atom is -0.366 e. The molecule has 0 unspecified atom stereocenters. The molecule has 0 bridgehead atoms. The van der Waals surface area contributed by atoms with Gasteiger partial charge >= 0.3 is 0 Å². The molecule has 0 aliphatic carbocycles. The molecule has 6 nitrogen and oxygen atoms in total. The summed E-state index contributed by atoms with van der Waals surface area (Å²) < 4.78 is 26.7. The van der Waals surface area contributed by atoms with E-state index in [1.54, 1.807) is 6.07 Å². The Morgan fingerprint density at radius 1 is 1.25 bits per heavy atom. The van der Waals surface area contributed by atoms with Crippen LogP contribution in [0.2, 0.25) is 0 Å². The van der Waals surface area contributed by atoms with E-state index >= 15 is 0 Å². The average Bonchev–Trinajstić information content (AvgIpc) is 2.99. The number of hydrogen-bond acceptors (Lipinski definition) is 4. The molecule has 1 aromatic rings. The quantitative estimate of drug-likeness (QED) is 0.795. The van der Waals surface area contributed by atoms with Gasteiger partial charge in [-0.25, -0.2) is 8.42 Å². The number of nitrogens with two attached hydrogens (primary N) is 1. The van der Waals surface area contributed by atoms with Crippen LogP contribution in [0.15, 0.2) is 29.2 Å². The molecule has 0 spiro atoms. The number of amides is 1. The molecule has 1 aromatic carbocycles. The number of carbonyl (C=O) groups is 1. The first-order chi connectivity index (χ1) is 9.48. The number of nitrogens with zero attached hydrogens (tertiary/aromatic N) is 1. The molecule has 0 radical (unpaired) electrons. The molecule has 2 fully saturated rings. The highest BCUT2D eigenvalue weighted by molar-refractivity contribution is 7.89. The smallest absolute Gasteiger partial charge is 0.248 e. The van der Waals surface area contributed by atoms with Crippen molar-refractivity contribution in [2.24, 2.45) is 17.6 Å². The summed E-state index contributed by atoms with van der Waals surface area (Å²) in [7, 11) is -3.54. The molecular weight excluding hydrogens is 278 g/mol. The summed E-state index contributed by atoms with van der Waals surface area (Å²) in [6, 6.07) is 5.92. The Kier molecular flexibility index (Phi) is 3.27. The Bertz CT molecular complexity index is 632. The van der Waals surface area contributed by atoms with Gasteiger partial charge in [0.15, 0.2) is 0 Å². The summed E-state index contributed by atoms with van der Waals surface area (Å²) in [6.45, 7) is 2.83. The molecule has 3 N–H and O–H groups in total. The molecule has 2 heterocycles. The lowest BCUT2D eigenvalue weighted by Crippen LogP contribution is -2.32. The standard InChI is InChI=1S/C13H17N3O3S/c14-13(17)9-2-1-3-12(4-9)20(18,19)16-7-10-5-15-6-11(10)8-16/h1-4,10-11,15H,5-8H2,(H2,14,17)/t10-,11+. The van der Waals surface area contributed by atoms with Crippen LogP contribution >= 0.6 is 0 Å². The molecule has 2 aliphatic heterocycles. The Hall–Kier alpha value is -1.44. The molecule has 0 saturated carbocycles. The number of nitrogens with one attached hydrogen (secondary N) is 1. The van der Waals surface area contributed by atoms with Gasteiger partial charge in [-0.2, -0.15) is 4.31 Å². The van der Waals surface area contributed by atoms with Gasteiger partial charge in [0, 0.05) is 18.7 Å². The SMILES string of the molecule is NC(=O)c1cccc(S(=O)(=O)N2C[C@H]3CNC[C@H]3C2)c1. The van der Waals surface area contributed by atoms with Gasteiger partial charge in [0.25, 0.3) is 0 Å². The van der Waals surface area contributed by atoms with Gasteiger partial charge in [-0.15, -0.1) is 0 Å². The fourth-order valence-corrected chi connectivity index (χ4v) is 4.57. The van der Waals surface area contributed by atoms with Gasteiger partial charge in [-0.05, 0) is 43.1 Å². The Morgan fingerprint density at radius 3 is 2.50 bits per heavy atom. The summed E-state index contributed by atoms with van der Waals surface area (Å²) in [4.78, 5) is 11.3. The van der Waals surface area contributed by atoms with Crippen LogP contribution in [0.5, 0.6) is 0 Å². The van der Waals surface area contributed by atoms with Crippen molar-refractivity contribution in [1.29, 1.82) is 0 Å². The molecule has 7 heteroatoms. The number of rotatable bonds is 3. The fourth-order valence-electron chi connectivity index (χ4n) is 2.97. The lowest BCUT2D eigenvalue weighted by atomic mass is 10.0. The first kappa shape index (κ1) is 13.5. The van der Waals surface area contributed by atoms with E-state index in [-0.39, 0.29) is 10.5 Å². The predicted molar refractivity (Wildman–Crippen MR) is 73.6 cm³/mol. The van der Waals surface area contributed by atoms with E-state index in [9.17, 15) is 13.2 Å². The number of carbonyl (C=O) groups excluding carboxylic acids is 1. The predicted octanol–water partition coefficient (Wildman–Crippen LogP) is -0.375. The minimum atomic E-state index is -3.54. The van der Waals surface area contributed by atoms with Gasteiger partial charge in [0.1, 0.15) is 0 Å². The molecule has 0 aromatic heterocycles. The maximum Gasteiger partial charge on any atom is 0.248 e. The molecule has 2 saturated heterocycles. The molecule has 3 rings (SSSR count). The van der Waals surface area contributed by atoms with E-state index in [1.165, 1.54) is 22.5 Å². The number of primary amides is 1. The second-order valence-electron chi connectivity index (χ2n) is 5.39. The van der Waals surface area contributed by atoms with Gasteiger partial charge in [-0.1, -0.05) is 6.07 Å². The van der Waals surface area contributed by atoms with Crippen LogP contribution in [0.1, 0.15) is 10.4 Å². The first-order valence-corrected chi connectivity index (χ1v) is 8.03. The lowest BCUT2D eigenvalue weighted by Gasteiger charge is -2.17. The maximum absolute atomic E-state index is 12.6. The van der Waals surface area contributed by atoms with Crippen molar-refractivity contribution >= 4 is 15.9 Å². The van der Waals surface area contributed by atoms with Crippen LogP contribution < -0.4 is 11.1 Å². The highest BCUT2D eigenvalue weighted by Gasteiger charge is 2.41. The molecular formula is C13H17N3O3S. The van der Waals surface area contributed by atoms with Crippen LogP contribution in [0.3, 0.4) is 0 Å². The van der Waals surface area contributed by atoms with Crippen molar-refractivity contribution in [3.8, 4) is 0 Å². The molecule has 2 aliphatic rings. The normalized spacial score (nSPS) is 26.6. The third-order valence-electron chi connectivity index (χ3n) is 4.11. The number of sulfonamides is 1. The van der Waals surface area contributed by atoms with Crippen molar-refractivity contribution in [3.63, 3.8) is 0 Å². The van der Waals surface area contributed by atoms with Crippen LogP contribution in [0.25, 0.3) is 0 Å². The van der Waals surface area contributed by atoms with Crippen molar-refractivity contribution in [2.75, 3.05) is 26.2 Å². The van der Waals surface area contributed by atoms with Crippen molar-refractivity contribution < 1.29 is 13.2 Å². The molecule has 20 heavy (non-hydrogen) atoms. The summed E-state index contributed by atoms with van der Waals surface area (Å²) in [6.07, 6.45) is 0. The highest BCUT2D eigenvalue weighted by atomic mass is 32.2.